The molecule has 2 aromatic carbocycles. The van der Waals surface area contributed by atoms with Crippen molar-refractivity contribution in [3.05, 3.63) is 89.0 Å². The number of carbonyl (C=O) groups excluding carboxylic acids is 2. The molecule has 0 saturated heterocycles. The van der Waals surface area contributed by atoms with Crippen molar-refractivity contribution in [1.29, 1.82) is 0 Å². The number of aromatic hydroxyl groups is 1. The number of aromatic nitrogens is 3. The van der Waals surface area contributed by atoms with Gasteiger partial charge >= 0.3 is 0 Å². The van der Waals surface area contributed by atoms with E-state index >= 15 is 0 Å². The number of hydrogen-bond acceptors (Lipinski definition) is 5. The minimum Gasteiger partial charge on any atom is -0.508 e. The molecule has 3 N–H and O–H groups in total. The third kappa shape index (κ3) is 4.85. The molecule has 176 valence electrons. The van der Waals surface area contributed by atoms with Crippen LogP contribution in [0.15, 0.2) is 66.9 Å². The molecule has 1 aliphatic carbocycles. The Balaban J connectivity index is 1.50. The van der Waals surface area contributed by atoms with Crippen molar-refractivity contribution in [3.8, 4) is 22.7 Å². The van der Waals surface area contributed by atoms with Crippen LogP contribution >= 0.6 is 11.6 Å². The van der Waals surface area contributed by atoms with Crippen LogP contribution < -0.4 is 10.6 Å². The smallest absolute Gasteiger partial charge is 0.272 e. The molecular formula is C25H19ClFN5O3. The van der Waals surface area contributed by atoms with Gasteiger partial charge in [0, 0.05) is 29.9 Å². The fraction of sp³-hybridized carbons (Fsp3) is 0.120. The van der Waals surface area contributed by atoms with Crippen molar-refractivity contribution < 1.29 is 19.1 Å². The van der Waals surface area contributed by atoms with Crippen LogP contribution in [0.2, 0.25) is 5.02 Å². The molecule has 8 nitrogen and oxygen atoms in total. The van der Waals surface area contributed by atoms with Gasteiger partial charge in [-0.2, -0.15) is 5.10 Å². The first kappa shape index (κ1) is 22.5. The molecule has 0 unspecified atom stereocenters. The van der Waals surface area contributed by atoms with Crippen LogP contribution in [0.3, 0.4) is 0 Å². The van der Waals surface area contributed by atoms with E-state index in [4.69, 9.17) is 11.6 Å². The highest BCUT2D eigenvalue weighted by Crippen LogP contribution is 2.28. The molecule has 1 saturated carbocycles. The molecular weight excluding hydrogens is 473 g/mol. The van der Waals surface area contributed by atoms with Crippen molar-refractivity contribution in [2.45, 2.75) is 18.9 Å². The zero-order chi connectivity index (χ0) is 24.5. The monoisotopic (exact) mass is 491 g/mol. The number of pyridine rings is 1. The Morgan fingerprint density at radius 2 is 1.89 bits per heavy atom. The lowest BCUT2D eigenvalue weighted by molar-refractivity contribution is 0.0944. The van der Waals surface area contributed by atoms with Gasteiger partial charge in [0.25, 0.3) is 11.8 Å². The summed E-state index contributed by atoms with van der Waals surface area (Å²) in [5.41, 5.74) is 1.08. The van der Waals surface area contributed by atoms with E-state index in [1.165, 1.54) is 53.3 Å². The summed E-state index contributed by atoms with van der Waals surface area (Å²) >= 11 is 6.29. The quantitative estimate of drug-likeness (QED) is 0.366. The Labute approximate surface area is 204 Å². The fourth-order valence-electron chi connectivity index (χ4n) is 3.52. The van der Waals surface area contributed by atoms with Gasteiger partial charge in [0.2, 0.25) is 0 Å². The van der Waals surface area contributed by atoms with E-state index in [9.17, 15) is 19.1 Å². The van der Waals surface area contributed by atoms with E-state index < -0.39 is 11.7 Å². The van der Waals surface area contributed by atoms with Gasteiger partial charge in [-0.3, -0.25) is 14.6 Å². The number of hydrogen-bond donors (Lipinski definition) is 3. The average Bonchev–Trinajstić information content (AvgIpc) is 3.56. The lowest BCUT2D eigenvalue weighted by Gasteiger charge is -2.11. The molecule has 5 rings (SSSR count). The number of halogens is 2. The van der Waals surface area contributed by atoms with Crippen molar-refractivity contribution in [1.82, 2.24) is 20.1 Å². The molecule has 0 bridgehead atoms. The molecule has 0 aliphatic heterocycles. The molecule has 0 radical (unpaired) electrons. The number of amides is 2. The second kappa shape index (κ2) is 9.19. The molecule has 10 heteroatoms. The minimum absolute atomic E-state index is 0.00704. The van der Waals surface area contributed by atoms with Gasteiger partial charge in [-0.15, -0.1) is 0 Å². The summed E-state index contributed by atoms with van der Waals surface area (Å²) < 4.78 is 15.6. The van der Waals surface area contributed by atoms with Gasteiger partial charge < -0.3 is 15.7 Å². The van der Waals surface area contributed by atoms with Crippen LogP contribution in [0.25, 0.3) is 16.9 Å². The first-order valence-electron chi connectivity index (χ1n) is 10.8. The molecule has 2 amide bonds. The Morgan fingerprint density at radius 3 is 2.63 bits per heavy atom. The highest BCUT2D eigenvalue weighted by Gasteiger charge is 2.26. The van der Waals surface area contributed by atoms with Crippen molar-refractivity contribution >= 4 is 29.2 Å². The van der Waals surface area contributed by atoms with E-state index in [0.29, 0.717) is 11.3 Å². The standard InChI is InChI=1S/C25H19ClFN5O3/c26-19-9-6-14(23-20(27)5-2-10-28-23)11-18(19)24(34)30-22-13-21(25(35)29-15-7-8-15)31-32(22)16-3-1-4-17(33)12-16/h1-6,9-13,15,33H,7-8H2,(H,29,35)(H,30,34). The molecule has 0 spiro atoms. The van der Waals surface area contributed by atoms with Gasteiger partial charge in [0.15, 0.2) is 5.69 Å². The third-order valence-electron chi connectivity index (χ3n) is 5.41. The molecule has 35 heavy (non-hydrogen) atoms. The third-order valence-corrected chi connectivity index (χ3v) is 5.74. The average molecular weight is 492 g/mol. The predicted octanol–water partition coefficient (Wildman–Crippen LogP) is 4.58. The topological polar surface area (TPSA) is 109 Å². The van der Waals surface area contributed by atoms with Crippen LogP contribution in [0.1, 0.15) is 33.7 Å². The van der Waals surface area contributed by atoms with Crippen LogP contribution in [0.4, 0.5) is 10.2 Å². The maximum Gasteiger partial charge on any atom is 0.272 e. The first-order valence-corrected chi connectivity index (χ1v) is 11.2. The summed E-state index contributed by atoms with van der Waals surface area (Å²) in [5.74, 6) is -1.31. The van der Waals surface area contributed by atoms with E-state index in [1.807, 2.05) is 0 Å². The summed E-state index contributed by atoms with van der Waals surface area (Å²) in [6, 6.07) is 15.0. The summed E-state index contributed by atoms with van der Waals surface area (Å²) in [6.07, 6.45) is 3.28. The highest BCUT2D eigenvalue weighted by atomic mass is 35.5. The molecule has 4 aromatic rings. The van der Waals surface area contributed by atoms with E-state index in [-0.39, 0.29) is 45.5 Å². The first-order chi connectivity index (χ1) is 16.9. The Kier molecular flexibility index (Phi) is 5.92. The minimum atomic E-state index is -0.594. The van der Waals surface area contributed by atoms with Gasteiger partial charge in [-0.05, 0) is 49.2 Å². The Hall–Kier alpha value is -4.24. The molecule has 2 aromatic heterocycles. The largest absolute Gasteiger partial charge is 0.508 e. The predicted molar refractivity (Wildman–Crippen MR) is 128 cm³/mol. The van der Waals surface area contributed by atoms with Crippen molar-refractivity contribution in [2.24, 2.45) is 0 Å². The number of nitrogens with zero attached hydrogens (tertiary/aromatic N) is 3. The molecule has 0 atom stereocenters. The van der Waals surface area contributed by atoms with Crippen LogP contribution in [-0.2, 0) is 0 Å². The summed E-state index contributed by atoms with van der Waals surface area (Å²) in [7, 11) is 0. The Morgan fingerprint density at radius 1 is 1.06 bits per heavy atom. The summed E-state index contributed by atoms with van der Waals surface area (Å²) in [4.78, 5) is 29.9. The van der Waals surface area contributed by atoms with Crippen LogP contribution in [0, 0.1) is 5.82 Å². The van der Waals surface area contributed by atoms with E-state index in [2.05, 4.69) is 20.7 Å². The number of phenols is 1. The van der Waals surface area contributed by atoms with Gasteiger partial charge in [0.05, 0.1) is 16.3 Å². The number of rotatable bonds is 6. The lowest BCUT2D eigenvalue weighted by atomic mass is 10.1. The van der Waals surface area contributed by atoms with Crippen LogP contribution in [-0.4, -0.2) is 37.7 Å². The Bertz CT molecular complexity index is 1450. The summed E-state index contributed by atoms with van der Waals surface area (Å²) in [6.45, 7) is 0. The second-order valence-corrected chi connectivity index (χ2v) is 8.48. The molecule has 2 heterocycles. The molecule has 1 aliphatic rings. The number of nitrogens with one attached hydrogen (secondary N) is 2. The second-order valence-electron chi connectivity index (χ2n) is 8.08. The van der Waals surface area contributed by atoms with Gasteiger partial charge in [-0.1, -0.05) is 23.7 Å². The van der Waals surface area contributed by atoms with Gasteiger partial charge in [0.1, 0.15) is 23.1 Å². The van der Waals surface area contributed by atoms with Crippen molar-refractivity contribution in [3.63, 3.8) is 0 Å². The number of phenolic OH excluding ortho intramolecular Hbond substituents is 1. The van der Waals surface area contributed by atoms with Crippen molar-refractivity contribution in [2.75, 3.05) is 5.32 Å². The number of carbonyl (C=O) groups is 2. The van der Waals surface area contributed by atoms with E-state index in [0.717, 1.165) is 12.8 Å². The zero-order valence-electron chi connectivity index (χ0n) is 18.2. The maximum atomic E-state index is 14.2. The molecule has 1 fully saturated rings. The number of benzene rings is 2. The fourth-order valence-corrected chi connectivity index (χ4v) is 3.72. The van der Waals surface area contributed by atoms with Crippen LogP contribution in [0.5, 0.6) is 5.75 Å². The normalized spacial score (nSPS) is 12.9. The van der Waals surface area contributed by atoms with Gasteiger partial charge in [-0.25, -0.2) is 9.07 Å². The summed E-state index contributed by atoms with van der Waals surface area (Å²) in [5, 5.41) is 20.0. The SMILES string of the molecule is O=C(NC1CC1)c1cc(NC(=O)c2cc(-c3ncccc3F)ccc2Cl)n(-c2cccc(O)c2)n1. The van der Waals surface area contributed by atoms with E-state index in [1.54, 1.807) is 18.2 Å². The lowest BCUT2D eigenvalue weighted by Crippen LogP contribution is -2.25. The maximum absolute atomic E-state index is 14.2. The zero-order valence-corrected chi connectivity index (χ0v) is 19.0. The highest BCUT2D eigenvalue weighted by molar-refractivity contribution is 6.34. The number of anilines is 1.